The number of rotatable bonds is 5. The highest BCUT2D eigenvalue weighted by Crippen LogP contribution is 2.21. The third-order valence-corrected chi connectivity index (χ3v) is 2.24. The van der Waals surface area contributed by atoms with Gasteiger partial charge in [0.15, 0.2) is 11.6 Å². The quantitative estimate of drug-likeness (QED) is 0.778. The van der Waals surface area contributed by atoms with Gasteiger partial charge < -0.3 is 15.2 Å². The van der Waals surface area contributed by atoms with Gasteiger partial charge in [0.05, 0.1) is 13.7 Å². The normalized spacial score (nSPS) is 12.5. The summed E-state index contributed by atoms with van der Waals surface area (Å²) in [6.45, 7) is 2.48. The van der Waals surface area contributed by atoms with Gasteiger partial charge in [0.2, 0.25) is 0 Å². The van der Waals surface area contributed by atoms with Gasteiger partial charge in [-0.25, -0.2) is 4.39 Å². The molecule has 1 aromatic rings. The fraction of sp³-hybridized carbons (Fsp3) is 0.455. The Morgan fingerprint density at radius 3 is 2.80 bits per heavy atom. The number of methoxy groups -OCH3 is 1. The fourth-order valence-electron chi connectivity index (χ4n) is 1.35. The Balaban J connectivity index is 2.73. The third kappa shape index (κ3) is 3.18. The zero-order chi connectivity index (χ0) is 11.3. The number of ether oxygens (including phenoxy) is 1. The molecule has 0 bridgehead atoms. The molecule has 0 aliphatic heterocycles. The van der Waals surface area contributed by atoms with Crippen molar-refractivity contribution >= 4 is 0 Å². The first kappa shape index (κ1) is 11.9. The van der Waals surface area contributed by atoms with E-state index < -0.39 is 0 Å². The Morgan fingerprint density at radius 2 is 2.27 bits per heavy atom. The van der Waals surface area contributed by atoms with Gasteiger partial charge in [-0.3, -0.25) is 0 Å². The van der Waals surface area contributed by atoms with E-state index in [1.807, 2.05) is 6.92 Å². The number of hydrogen-bond donors (Lipinski definition) is 2. The van der Waals surface area contributed by atoms with Gasteiger partial charge in [0, 0.05) is 12.6 Å². The van der Waals surface area contributed by atoms with E-state index in [0.29, 0.717) is 6.54 Å². The van der Waals surface area contributed by atoms with Crippen LogP contribution in [0, 0.1) is 5.82 Å². The van der Waals surface area contributed by atoms with Crippen LogP contribution < -0.4 is 10.1 Å². The lowest BCUT2D eigenvalue weighted by atomic mass is 10.1. The highest BCUT2D eigenvalue weighted by molar-refractivity contribution is 5.30. The van der Waals surface area contributed by atoms with Gasteiger partial charge >= 0.3 is 0 Å². The van der Waals surface area contributed by atoms with E-state index in [1.165, 1.54) is 13.2 Å². The van der Waals surface area contributed by atoms with Gasteiger partial charge in [-0.15, -0.1) is 0 Å². The summed E-state index contributed by atoms with van der Waals surface area (Å²) in [6.07, 6.45) is 0. The Kier molecular flexibility index (Phi) is 4.52. The number of nitrogens with one attached hydrogen (secondary N) is 1. The van der Waals surface area contributed by atoms with Crippen LogP contribution in [0.1, 0.15) is 18.5 Å². The maximum atomic E-state index is 13.3. The lowest BCUT2D eigenvalue weighted by Gasteiger charge is -2.14. The molecular formula is C11H16FNO2. The molecule has 0 aliphatic rings. The molecule has 0 amide bonds. The summed E-state index contributed by atoms with van der Waals surface area (Å²) >= 11 is 0. The first-order chi connectivity index (χ1) is 7.19. The van der Waals surface area contributed by atoms with Gasteiger partial charge in [-0.2, -0.15) is 0 Å². The molecule has 0 heterocycles. The highest BCUT2D eigenvalue weighted by atomic mass is 19.1. The maximum absolute atomic E-state index is 13.3. The van der Waals surface area contributed by atoms with Crippen molar-refractivity contribution < 1.29 is 14.2 Å². The number of aliphatic hydroxyl groups is 1. The van der Waals surface area contributed by atoms with E-state index >= 15 is 0 Å². The summed E-state index contributed by atoms with van der Waals surface area (Å²) in [4.78, 5) is 0. The minimum Gasteiger partial charge on any atom is -0.494 e. The van der Waals surface area contributed by atoms with Crippen LogP contribution in [-0.4, -0.2) is 25.4 Å². The smallest absolute Gasteiger partial charge is 0.165 e. The Labute approximate surface area is 88.9 Å². The molecule has 1 unspecified atom stereocenters. The predicted molar refractivity (Wildman–Crippen MR) is 56.5 cm³/mol. The molecule has 2 N–H and O–H groups in total. The third-order valence-electron chi connectivity index (χ3n) is 2.24. The molecule has 0 aromatic heterocycles. The number of hydrogen-bond acceptors (Lipinski definition) is 3. The summed E-state index contributed by atoms with van der Waals surface area (Å²) in [7, 11) is 1.44. The zero-order valence-electron chi connectivity index (χ0n) is 8.96. The molecule has 0 saturated carbocycles. The van der Waals surface area contributed by atoms with E-state index in [1.54, 1.807) is 12.1 Å². The SMILES string of the molecule is COc1ccc(C(C)NCCO)cc1F. The van der Waals surface area contributed by atoms with Crippen molar-refractivity contribution in [2.75, 3.05) is 20.3 Å². The van der Waals surface area contributed by atoms with Crippen LogP contribution in [0.5, 0.6) is 5.75 Å². The second kappa shape index (κ2) is 5.68. The van der Waals surface area contributed by atoms with Crippen LogP contribution in [-0.2, 0) is 0 Å². The standard InChI is InChI=1S/C11H16FNO2/c1-8(13-5-6-14)9-3-4-11(15-2)10(12)7-9/h3-4,7-8,13-14H,5-6H2,1-2H3. The molecule has 3 nitrogen and oxygen atoms in total. The minimum atomic E-state index is -0.368. The lowest BCUT2D eigenvalue weighted by Crippen LogP contribution is -2.22. The van der Waals surface area contributed by atoms with Crippen molar-refractivity contribution in [1.29, 1.82) is 0 Å². The molecule has 0 aliphatic carbocycles. The number of halogens is 1. The predicted octanol–water partition coefficient (Wildman–Crippen LogP) is 1.48. The first-order valence-corrected chi connectivity index (χ1v) is 4.86. The van der Waals surface area contributed by atoms with Crippen molar-refractivity contribution in [1.82, 2.24) is 5.32 Å². The first-order valence-electron chi connectivity index (χ1n) is 4.86. The molecule has 0 spiro atoms. The van der Waals surface area contributed by atoms with Crippen molar-refractivity contribution in [3.63, 3.8) is 0 Å². The molecular weight excluding hydrogens is 197 g/mol. The van der Waals surface area contributed by atoms with Crippen LogP contribution in [0.25, 0.3) is 0 Å². The van der Waals surface area contributed by atoms with Crippen molar-refractivity contribution in [3.8, 4) is 5.75 Å². The summed E-state index contributed by atoms with van der Waals surface area (Å²) in [5.41, 5.74) is 0.835. The molecule has 1 aromatic carbocycles. The molecule has 84 valence electrons. The van der Waals surface area contributed by atoms with Crippen LogP contribution in [0.3, 0.4) is 0 Å². The monoisotopic (exact) mass is 213 g/mol. The van der Waals surface area contributed by atoms with Crippen LogP contribution >= 0.6 is 0 Å². The molecule has 0 saturated heterocycles. The highest BCUT2D eigenvalue weighted by Gasteiger charge is 2.08. The summed E-state index contributed by atoms with van der Waals surface area (Å²) in [6, 6.07) is 4.85. The summed E-state index contributed by atoms with van der Waals surface area (Å²) in [5.74, 6) is -0.124. The van der Waals surface area contributed by atoms with E-state index in [2.05, 4.69) is 5.32 Å². The van der Waals surface area contributed by atoms with Crippen molar-refractivity contribution in [3.05, 3.63) is 29.6 Å². The summed E-state index contributed by atoms with van der Waals surface area (Å²) in [5, 5.41) is 11.7. The van der Waals surface area contributed by atoms with E-state index in [-0.39, 0.29) is 24.2 Å². The summed E-state index contributed by atoms with van der Waals surface area (Å²) < 4.78 is 18.2. The molecule has 1 rings (SSSR count). The second-order valence-electron chi connectivity index (χ2n) is 3.29. The van der Waals surface area contributed by atoms with E-state index in [9.17, 15) is 4.39 Å². The van der Waals surface area contributed by atoms with Gasteiger partial charge in [-0.1, -0.05) is 6.07 Å². The van der Waals surface area contributed by atoms with Crippen molar-refractivity contribution in [2.24, 2.45) is 0 Å². The molecule has 0 radical (unpaired) electrons. The molecule has 15 heavy (non-hydrogen) atoms. The fourth-order valence-corrected chi connectivity index (χ4v) is 1.35. The average molecular weight is 213 g/mol. The molecule has 1 atom stereocenters. The lowest BCUT2D eigenvalue weighted by molar-refractivity contribution is 0.286. The second-order valence-corrected chi connectivity index (χ2v) is 3.29. The van der Waals surface area contributed by atoms with Crippen LogP contribution in [0.15, 0.2) is 18.2 Å². The number of benzene rings is 1. The average Bonchev–Trinajstić information content (AvgIpc) is 2.25. The maximum Gasteiger partial charge on any atom is 0.165 e. The molecule has 4 heteroatoms. The Hall–Kier alpha value is -1.13. The van der Waals surface area contributed by atoms with Crippen LogP contribution in [0.2, 0.25) is 0 Å². The van der Waals surface area contributed by atoms with Gasteiger partial charge in [0.1, 0.15) is 0 Å². The van der Waals surface area contributed by atoms with E-state index in [4.69, 9.17) is 9.84 Å². The minimum absolute atomic E-state index is 0.0116. The van der Waals surface area contributed by atoms with E-state index in [0.717, 1.165) is 5.56 Å². The number of aliphatic hydroxyl groups excluding tert-OH is 1. The van der Waals surface area contributed by atoms with Crippen LogP contribution in [0.4, 0.5) is 4.39 Å². The zero-order valence-corrected chi connectivity index (χ0v) is 8.96. The van der Waals surface area contributed by atoms with Crippen molar-refractivity contribution in [2.45, 2.75) is 13.0 Å². The Bertz CT molecular complexity index is 317. The Morgan fingerprint density at radius 1 is 1.53 bits per heavy atom. The van der Waals surface area contributed by atoms with Gasteiger partial charge in [0.25, 0.3) is 0 Å². The topological polar surface area (TPSA) is 41.5 Å². The molecule has 0 fully saturated rings. The largest absolute Gasteiger partial charge is 0.494 e. The van der Waals surface area contributed by atoms with Gasteiger partial charge in [-0.05, 0) is 24.6 Å².